The summed E-state index contributed by atoms with van der Waals surface area (Å²) in [6.07, 6.45) is 3.02. The van der Waals surface area contributed by atoms with Gasteiger partial charge in [-0.05, 0) is 54.5 Å². The zero-order valence-corrected chi connectivity index (χ0v) is 15.0. The van der Waals surface area contributed by atoms with Crippen LogP contribution in [0.5, 0.6) is 11.5 Å². The van der Waals surface area contributed by atoms with Gasteiger partial charge in [-0.15, -0.1) is 0 Å². The van der Waals surface area contributed by atoms with Gasteiger partial charge in [0.05, 0.1) is 18.9 Å². The second kappa shape index (κ2) is 8.62. The minimum absolute atomic E-state index is 0.217. The first-order chi connectivity index (χ1) is 11.5. The lowest BCUT2D eigenvalue weighted by Crippen LogP contribution is -2.15. The molecule has 0 amide bonds. The fourth-order valence-corrected chi connectivity index (χ4v) is 2.39. The molecule has 0 unspecified atom stereocenters. The lowest BCUT2D eigenvalue weighted by atomic mass is 9.82. The number of nitrogen functional groups attached to an aromatic ring is 1. The molecule has 0 aliphatic heterocycles. The summed E-state index contributed by atoms with van der Waals surface area (Å²) < 4.78 is 11.5. The number of hydrogen-bond acceptors (Lipinski definition) is 3. The van der Waals surface area contributed by atoms with Crippen molar-refractivity contribution in [1.82, 2.24) is 0 Å². The topological polar surface area (TPSA) is 44.5 Å². The molecule has 0 fully saturated rings. The average Bonchev–Trinajstić information content (AvgIpc) is 2.60. The van der Waals surface area contributed by atoms with Crippen molar-refractivity contribution >= 4 is 5.69 Å². The molecule has 0 saturated carbocycles. The molecule has 24 heavy (non-hydrogen) atoms. The minimum Gasteiger partial charge on any atom is -0.494 e. The molecule has 0 aliphatic rings. The van der Waals surface area contributed by atoms with Crippen LogP contribution in [0, 0.1) is 0 Å². The summed E-state index contributed by atoms with van der Waals surface area (Å²) in [6.45, 7) is 8.10. The third-order valence-electron chi connectivity index (χ3n) is 4.50. The maximum absolute atomic E-state index is 5.84. The fraction of sp³-hybridized carbons (Fsp3) is 0.429. The van der Waals surface area contributed by atoms with Gasteiger partial charge in [0.2, 0.25) is 0 Å². The zero-order chi connectivity index (χ0) is 17.4. The van der Waals surface area contributed by atoms with Crippen molar-refractivity contribution in [2.24, 2.45) is 0 Å². The van der Waals surface area contributed by atoms with Crippen molar-refractivity contribution in [2.75, 3.05) is 18.9 Å². The highest BCUT2D eigenvalue weighted by molar-refractivity contribution is 5.51. The second-order valence-corrected chi connectivity index (χ2v) is 6.70. The molecule has 3 nitrogen and oxygen atoms in total. The fourth-order valence-electron chi connectivity index (χ4n) is 2.39. The molecule has 0 saturated heterocycles. The lowest BCUT2D eigenvalue weighted by Gasteiger charge is -2.23. The lowest BCUT2D eigenvalue weighted by molar-refractivity contribution is 0.267. The first-order valence-corrected chi connectivity index (χ1v) is 8.73. The molecule has 2 aromatic rings. The smallest absolute Gasteiger partial charge is 0.142 e. The summed E-state index contributed by atoms with van der Waals surface area (Å²) in [7, 11) is 0. The van der Waals surface area contributed by atoms with E-state index < -0.39 is 0 Å². The highest BCUT2D eigenvalue weighted by Crippen LogP contribution is 2.28. The number of benzene rings is 2. The molecule has 0 radical (unpaired) electrons. The Morgan fingerprint density at radius 1 is 0.875 bits per heavy atom. The Kier molecular flexibility index (Phi) is 6.53. The van der Waals surface area contributed by atoms with E-state index in [9.17, 15) is 0 Å². The largest absolute Gasteiger partial charge is 0.494 e. The Morgan fingerprint density at radius 3 is 2.12 bits per heavy atom. The predicted octanol–water partition coefficient (Wildman–Crippen LogP) is 5.19. The van der Waals surface area contributed by atoms with Gasteiger partial charge in [-0.1, -0.05) is 45.0 Å². The van der Waals surface area contributed by atoms with E-state index in [1.807, 2.05) is 24.3 Å². The van der Waals surface area contributed by atoms with E-state index in [-0.39, 0.29) is 5.41 Å². The molecule has 3 heteroatoms. The molecule has 0 atom stereocenters. The summed E-state index contributed by atoms with van der Waals surface area (Å²) >= 11 is 0. The number of anilines is 1. The van der Waals surface area contributed by atoms with Gasteiger partial charge >= 0.3 is 0 Å². The maximum Gasteiger partial charge on any atom is 0.142 e. The molecule has 130 valence electrons. The van der Waals surface area contributed by atoms with Crippen LogP contribution in [-0.2, 0) is 5.41 Å². The number of ether oxygens (including phenoxy) is 2. The zero-order valence-electron chi connectivity index (χ0n) is 15.0. The SMILES string of the molecule is CCC(C)(C)c1ccc(OCCCCOc2ccccc2N)cc1. The van der Waals surface area contributed by atoms with Crippen LogP contribution < -0.4 is 15.2 Å². The molecule has 2 rings (SSSR count). The highest BCUT2D eigenvalue weighted by atomic mass is 16.5. The van der Waals surface area contributed by atoms with Gasteiger partial charge in [0.25, 0.3) is 0 Å². The first kappa shape index (κ1) is 18.2. The molecule has 0 bridgehead atoms. The molecule has 0 aromatic heterocycles. The molecular weight excluding hydrogens is 298 g/mol. The summed E-state index contributed by atoms with van der Waals surface area (Å²) in [5.74, 6) is 1.69. The standard InChI is InChI=1S/C21H29NO2/c1-4-21(2,3)17-11-13-18(14-12-17)23-15-7-8-16-24-20-10-6-5-9-19(20)22/h5-6,9-14H,4,7-8,15-16,22H2,1-3H3. The quantitative estimate of drug-likeness (QED) is 0.509. The molecule has 0 heterocycles. The molecule has 2 N–H and O–H groups in total. The van der Waals surface area contributed by atoms with Crippen LogP contribution in [0.3, 0.4) is 0 Å². The van der Waals surface area contributed by atoms with E-state index in [2.05, 4.69) is 45.0 Å². The van der Waals surface area contributed by atoms with Gasteiger partial charge in [-0.25, -0.2) is 0 Å². The van der Waals surface area contributed by atoms with E-state index in [1.54, 1.807) is 0 Å². The molecular formula is C21H29NO2. The van der Waals surface area contributed by atoms with E-state index in [0.717, 1.165) is 30.8 Å². The summed E-state index contributed by atoms with van der Waals surface area (Å²) in [5.41, 5.74) is 8.09. The van der Waals surface area contributed by atoms with Crippen LogP contribution in [0.4, 0.5) is 5.69 Å². The van der Waals surface area contributed by atoms with Crippen molar-refractivity contribution in [3.63, 3.8) is 0 Å². The summed E-state index contributed by atoms with van der Waals surface area (Å²) in [5, 5.41) is 0. The Labute approximate surface area is 145 Å². The minimum atomic E-state index is 0.217. The van der Waals surface area contributed by atoms with Crippen LogP contribution in [0.2, 0.25) is 0 Å². The van der Waals surface area contributed by atoms with Crippen molar-refractivity contribution in [1.29, 1.82) is 0 Å². The van der Waals surface area contributed by atoms with E-state index in [0.29, 0.717) is 18.9 Å². The summed E-state index contributed by atoms with van der Waals surface area (Å²) in [6, 6.07) is 16.0. The third kappa shape index (κ3) is 5.19. The van der Waals surface area contributed by atoms with Crippen molar-refractivity contribution < 1.29 is 9.47 Å². The Bertz CT molecular complexity index is 620. The molecule has 0 spiro atoms. The first-order valence-electron chi connectivity index (χ1n) is 8.73. The number of rotatable bonds is 9. The van der Waals surface area contributed by atoms with Gasteiger partial charge in [0, 0.05) is 0 Å². The number of hydrogen-bond donors (Lipinski definition) is 1. The van der Waals surface area contributed by atoms with Crippen molar-refractivity contribution in [2.45, 2.75) is 45.4 Å². The third-order valence-corrected chi connectivity index (χ3v) is 4.50. The normalized spacial score (nSPS) is 11.3. The maximum atomic E-state index is 5.84. The Balaban J connectivity index is 1.67. The van der Waals surface area contributed by atoms with Crippen LogP contribution in [0.1, 0.15) is 45.6 Å². The number of unbranched alkanes of at least 4 members (excludes halogenated alkanes) is 1. The average molecular weight is 327 g/mol. The molecule has 0 aliphatic carbocycles. The van der Waals surface area contributed by atoms with E-state index in [4.69, 9.17) is 15.2 Å². The Hall–Kier alpha value is -2.16. The van der Waals surface area contributed by atoms with Crippen LogP contribution in [-0.4, -0.2) is 13.2 Å². The van der Waals surface area contributed by atoms with Gasteiger partial charge in [-0.3, -0.25) is 0 Å². The monoisotopic (exact) mass is 327 g/mol. The van der Waals surface area contributed by atoms with Crippen LogP contribution >= 0.6 is 0 Å². The van der Waals surface area contributed by atoms with Crippen molar-refractivity contribution in [3.05, 3.63) is 54.1 Å². The van der Waals surface area contributed by atoms with Gasteiger partial charge < -0.3 is 15.2 Å². The van der Waals surface area contributed by atoms with Crippen LogP contribution in [0.15, 0.2) is 48.5 Å². The Morgan fingerprint density at radius 2 is 1.50 bits per heavy atom. The van der Waals surface area contributed by atoms with Gasteiger partial charge in [-0.2, -0.15) is 0 Å². The van der Waals surface area contributed by atoms with E-state index in [1.165, 1.54) is 5.56 Å². The number of para-hydroxylation sites is 2. The summed E-state index contributed by atoms with van der Waals surface area (Å²) in [4.78, 5) is 0. The molecule has 2 aromatic carbocycles. The second-order valence-electron chi connectivity index (χ2n) is 6.70. The van der Waals surface area contributed by atoms with Crippen LogP contribution in [0.25, 0.3) is 0 Å². The highest BCUT2D eigenvalue weighted by Gasteiger charge is 2.17. The van der Waals surface area contributed by atoms with Gasteiger partial charge in [0.15, 0.2) is 0 Å². The predicted molar refractivity (Wildman–Crippen MR) is 101 cm³/mol. The number of nitrogens with two attached hydrogens (primary N) is 1. The van der Waals surface area contributed by atoms with Crippen molar-refractivity contribution in [3.8, 4) is 11.5 Å². The van der Waals surface area contributed by atoms with E-state index >= 15 is 0 Å². The van der Waals surface area contributed by atoms with Gasteiger partial charge in [0.1, 0.15) is 11.5 Å².